The largest absolute Gasteiger partial charge is 0.534 e. The first kappa shape index (κ1) is 29.7. The number of hydrogen-bond donors (Lipinski definition) is 1. The van der Waals surface area contributed by atoms with Gasteiger partial charge in [-0.25, -0.2) is 0 Å². The van der Waals surface area contributed by atoms with Crippen molar-refractivity contribution in [2.45, 2.75) is 92.0 Å². The molecule has 0 heterocycles. The maximum Gasteiger partial charge on any atom is 0.534 e. The molecule has 0 bridgehead atoms. The topological polar surface area (TPSA) is 63.6 Å². The highest BCUT2D eigenvalue weighted by Gasteiger charge is 2.66. The average Bonchev–Trinajstić information content (AvgIpc) is 3.28. The Morgan fingerprint density at radius 2 is 1.87 bits per heavy atom. The van der Waals surface area contributed by atoms with Crippen molar-refractivity contribution in [3.05, 3.63) is 35.6 Å². The van der Waals surface area contributed by atoms with E-state index < -0.39 is 27.0 Å². The Hall–Kier alpha value is -1.28. The van der Waals surface area contributed by atoms with Gasteiger partial charge in [-0.15, -0.1) is 0 Å². The third-order valence-electron chi connectivity index (χ3n) is 10.7. The molecule has 0 aliphatic heterocycles. The summed E-state index contributed by atoms with van der Waals surface area (Å²) in [4.78, 5) is 0. The van der Waals surface area contributed by atoms with E-state index in [1.807, 2.05) is 0 Å². The summed E-state index contributed by atoms with van der Waals surface area (Å²) in [5, 5.41) is 10.4. The maximum absolute atomic E-state index is 13.1. The summed E-state index contributed by atoms with van der Waals surface area (Å²) in [6.45, 7) is 13.5. The van der Waals surface area contributed by atoms with Gasteiger partial charge in [0.25, 0.3) is 0 Å². The SMILES string of the molecule is C[C@H](/C=C/[C@H](C)C(C)(C)C)[C@H]1CC[C@H]2/C(=C/[C@@H](CO)[C@]34C[C@H]3CC=C4OS(=O)(=O)C(F)(F)F)CCC[C@]12C. The Balaban J connectivity index is 1.55. The number of halogens is 3. The van der Waals surface area contributed by atoms with Crippen LogP contribution in [-0.4, -0.2) is 25.6 Å². The molecule has 0 saturated heterocycles. The van der Waals surface area contributed by atoms with E-state index in [-0.39, 0.29) is 29.1 Å². The average molecular weight is 559 g/mol. The molecule has 0 aromatic heterocycles. The Labute approximate surface area is 226 Å². The summed E-state index contributed by atoms with van der Waals surface area (Å²) < 4.78 is 67.4. The van der Waals surface area contributed by atoms with Gasteiger partial charge in [-0.1, -0.05) is 65.3 Å². The van der Waals surface area contributed by atoms with Crippen molar-refractivity contribution < 1.29 is 30.9 Å². The van der Waals surface area contributed by atoms with Crippen LogP contribution in [0.2, 0.25) is 0 Å². The lowest BCUT2D eigenvalue weighted by Crippen LogP contribution is -2.36. The molecule has 1 N–H and O–H groups in total. The molecule has 4 aliphatic carbocycles. The summed E-state index contributed by atoms with van der Waals surface area (Å²) in [6, 6.07) is 0. The lowest BCUT2D eigenvalue weighted by atomic mass is 9.60. The fourth-order valence-electron chi connectivity index (χ4n) is 7.83. The summed E-state index contributed by atoms with van der Waals surface area (Å²) in [6.07, 6.45) is 14.6. The molecule has 3 fully saturated rings. The van der Waals surface area contributed by atoms with Crippen molar-refractivity contribution in [3.8, 4) is 0 Å². The van der Waals surface area contributed by atoms with E-state index in [1.165, 1.54) is 11.6 Å². The van der Waals surface area contributed by atoms with E-state index in [0.717, 1.165) is 32.1 Å². The van der Waals surface area contributed by atoms with E-state index >= 15 is 0 Å². The molecule has 8 heteroatoms. The first-order valence-electron chi connectivity index (χ1n) is 14.2. The lowest BCUT2D eigenvalue weighted by Gasteiger charge is -2.44. The second-order valence-corrected chi connectivity index (χ2v) is 15.3. The molecule has 0 aromatic rings. The summed E-state index contributed by atoms with van der Waals surface area (Å²) in [7, 11) is -5.74. The highest BCUT2D eigenvalue weighted by atomic mass is 32.2. The Morgan fingerprint density at radius 3 is 2.45 bits per heavy atom. The molecule has 38 heavy (non-hydrogen) atoms. The zero-order valence-corrected chi connectivity index (χ0v) is 24.5. The molecule has 0 amide bonds. The number of fused-ring (bicyclic) bond motifs is 2. The van der Waals surface area contributed by atoms with Crippen molar-refractivity contribution >= 4 is 10.1 Å². The molecule has 4 rings (SSSR count). The molecule has 8 atom stereocenters. The zero-order valence-electron chi connectivity index (χ0n) is 23.6. The molecule has 0 spiro atoms. The van der Waals surface area contributed by atoms with E-state index in [1.54, 1.807) is 0 Å². The minimum absolute atomic E-state index is 0.0104. The van der Waals surface area contributed by atoms with E-state index in [2.05, 4.69) is 64.0 Å². The van der Waals surface area contributed by atoms with Crippen molar-refractivity contribution in [1.82, 2.24) is 0 Å². The van der Waals surface area contributed by atoms with E-state index in [4.69, 9.17) is 0 Å². The van der Waals surface area contributed by atoms with Crippen LogP contribution in [0.25, 0.3) is 0 Å². The molecule has 4 aliphatic rings. The van der Waals surface area contributed by atoms with Crippen molar-refractivity contribution in [3.63, 3.8) is 0 Å². The fourth-order valence-corrected chi connectivity index (χ4v) is 8.38. The molecule has 3 saturated carbocycles. The Morgan fingerprint density at radius 1 is 1.18 bits per heavy atom. The van der Waals surface area contributed by atoms with Crippen LogP contribution in [0.4, 0.5) is 13.2 Å². The molecule has 216 valence electrons. The Kier molecular flexibility index (Phi) is 7.79. The number of alkyl halides is 3. The molecule has 4 nitrogen and oxygen atoms in total. The predicted molar refractivity (Wildman–Crippen MR) is 143 cm³/mol. The molecular weight excluding hydrogens is 513 g/mol. The fraction of sp³-hybridized carbons (Fsp3) is 0.800. The third-order valence-corrected chi connectivity index (χ3v) is 11.7. The second-order valence-electron chi connectivity index (χ2n) is 13.8. The smallest absolute Gasteiger partial charge is 0.396 e. The highest BCUT2D eigenvalue weighted by Crippen LogP contribution is 2.69. The van der Waals surface area contributed by atoms with Crippen molar-refractivity contribution in [2.24, 2.45) is 51.8 Å². The summed E-state index contributed by atoms with van der Waals surface area (Å²) in [5.41, 5.74) is -4.71. The van der Waals surface area contributed by atoms with Crippen LogP contribution in [0.15, 0.2) is 35.6 Å². The third kappa shape index (κ3) is 5.13. The van der Waals surface area contributed by atoms with Gasteiger partial charge in [0.1, 0.15) is 5.76 Å². The maximum atomic E-state index is 13.1. The van der Waals surface area contributed by atoms with Gasteiger partial charge in [0.2, 0.25) is 0 Å². The highest BCUT2D eigenvalue weighted by molar-refractivity contribution is 7.87. The van der Waals surface area contributed by atoms with Gasteiger partial charge >= 0.3 is 15.6 Å². The molecule has 0 unspecified atom stereocenters. The number of hydrogen-bond acceptors (Lipinski definition) is 4. The van der Waals surface area contributed by atoms with Gasteiger partial charge in [0, 0.05) is 11.3 Å². The van der Waals surface area contributed by atoms with Crippen molar-refractivity contribution in [1.29, 1.82) is 0 Å². The quantitative estimate of drug-likeness (QED) is 0.188. The van der Waals surface area contributed by atoms with Gasteiger partial charge in [-0.05, 0) is 91.4 Å². The minimum Gasteiger partial charge on any atom is -0.396 e. The first-order valence-corrected chi connectivity index (χ1v) is 15.6. The van der Waals surface area contributed by atoms with E-state index in [9.17, 15) is 26.7 Å². The molecule has 0 aromatic carbocycles. The molecule has 0 radical (unpaired) electrons. The normalized spacial score (nSPS) is 37.1. The van der Waals surface area contributed by atoms with E-state index in [0.29, 0.717) is 36.5 Å². The summed E-state index contributed by atoms with van der Waals surface area (Å²) in [5.74, 6) is 1.26. The zero-order chi connectivity index (χ0) is 28.3. The van der Waals surface area contributed by atoms with Crippen LogP contribution in [0.3, 0.4) is 0 Å². The van der Waals surface area contributed by atoms with Crippen molar-refractivity contribution in [2.75, 3.05) is 6.61 Å². The van der Waals surface area contributed by atoms with Crippen LogP contribution in [0.1, 0.15) is 86.5 Å². The second kappa shape index (κ2) is 9.97. The number of aliphatic hydroxyl groups is 1. The van der Waals surface area contributed by atoms with Gasteiger partial charge in [-0.2, -0.15) is 21.6 Å². The van der Waals surface area contributed by atoms with Crippen LogP contribution >= 0.6 is 0 Å². The number of allylic oxidation sites excluding steroid dienone is 5. The monoisotopic (exact) mass is 558 g/mol. The summed E-state index contributed by atoms with van der Waals surface area (Å²) >= 11 is 0. The lowest BCUT2D eigenvalue weighted by molar-refractivity contribution is -0.0530. The van der Waals surface area contributed by atoms with Crippen LogP contribution in [0.5, 0.6) is 0 Å². The van der Waals surface area contributed by atoms with Gasteiger partial charge in [0.05, 0.1) is 6.61 Å². The van der Waals surface area contributed by atoms with Crippen LogP contribution in [-0.2, 0) is 14.3 Å². The van der Waals surface area contributed by atoms with Gasteiger partial charge in [-0.3, -0.25) is 0 Å². The van der Waals surface area contributed by atoms with Crippen LogP contribution < -0.4 is 0 Å². The van der Waals surface area contributed by atoms with Gasteiger partial charge in [0.15, 0.2) is 0 Å². The minimum atomic E-state index is -5.74. The predicted octanol–water partition coefficient (Wildman–Crippen LogP) is 7.77. The van der Waals surface area contributed by atoms with Crippen LogP contribution in [0, 0.1) is 51.8 Å². The van der Waals surface area contributed by atoms with Gasteiger partial charge < -0.3 is 9.29 Å². The Bertz CT molecular complexity index is 1100. The number of rotatable bonds is 8. The molecular formula is C30H45F3O4S. The standard InChI is InChI=1S/C30H45F3O4S/c1-19(9-10-20(2)27(3,4)5)24-12-13-25-21(8-7-15-28(24,25)6)16-23(18-34)29-17-22(29)11-14-26(29)37-38(35,36)30(31,32)33/h9-10,14,16,19-20,22-25,34H,7-8,11-13,15,17-18H2,1-6H3/b10-9+,21-16+/t19-,20+,22-,23+,24-,25+,28-,29+/m1/s1. The number of aliphatic hydroxyl groups excluding tert-OH is 1. The first-order chi connectivity index (χ1) is 17.5.